The third-order valence-electron chi connectivity index (χ3n) is 3.71. The summed E-state index contributed by atoms with van der Waals surface area (Å²) in [5, 5.41) is 0. The minimum atomic E-state index is -0.181. The molecule has 2 aliphatic rings. The topological polar surface area (TPSA) is 41.6 Å². The monoisotopic (exact) mass is 247 g/mol. The molecule has 0 amide bonds. The fraction of sp³-hybridized carbons (Fsp3) is 0.500. The summed E-state index contributed by atoms with van der Waals surface area (Å²) in [6.07, 6.45) is 3.62. The number of likely N-dealkylation sites (tertiary alicyclic amines) is 1. The van der Waals surface area contributed by atoms with E-state index in [0.29, 0.717) is 24.0 Å². The van der Waals surface area contributed by atoms with Gasteiger partial charge in [-0.05, 0) is 36.8 Å². The maximum absolute atomic E-state index is 13.7. The van der Waals surface area contributed by atoms with Gasteiger partial charge in [0.25, 0.3) is 0 Å². The van der Waals surface area contributed by atoms with Gasteiger partial charge in [-0.25, -0.2) is 9.38 Å². The second-order valence-corrected chi connectivity index (χ2v) is 5.14. The van der Waals surface area contributed by atoms with E-state index < -0.39 is 0 Å². The SMILES string of the molecule is NC(=NCc1cc(C2CC2)ccc1F)N1CCC1. The standard InChI is InChI=1S/C14H18FN3/c15-13-5-4-11(10-2-3-10)8-12(13)9-17-14(16)18-6-1-7-18/h4-5,8,10H,1-3,6-7,9H2,(H2,16,17). The quantitative estimate of drug-likeness (QED) is 0.657. The highest BCUT2D eigenvalue weighted by Crippen LogP contribution is 2.40. The van der Waals surface area contributed by atoms with Crippen LogP contribution in [0.15, 0.2) is 23.2 Å². The Hall–Kier alpha value is -1.58. The van der Waals surface area contributed by atoms with Crippen molar-refractivity contribution in [2.24, 2.45) is 10.7 Å². The highest BCUT2D eigenvalue weighted by atomic mass is 19.1. The second kappa shape index (κ2) is 4.59. The van der Waals surface area contributed by atoms with Gasteiger partial charge in [0, 0.05) is 18.7 Å². The lowest BCUT2D eigenvalue weighted by Gasteiger charge is -2.31. The minimum Gasteiger partial charge on any atom is -0.370 e. The Morgan fingerprint density at radius 2 is 2.17 bits per heavy atom. The fourth-order valence-electron chi connectivity index (χ4n) is 2.20. The van der Waals surface area contributed by atoms with E-state index in [2.05, 4.69) is 4.99 Å². The number of halogens is 1. The van der Waals surface area contributed by atoms with Gasteiger partial charge >= 0.3 is 0 Å². The zero-order valence-corrected chi connectivity index (χ0v) is 10.4. The number of benzene rings is 1. The lowest BCUT2D eigenvalue weighted by atomic mass is 10.1. The molecule has 3 rings (SSSR count). The van der Waals surface area contributed by atoms with Gasteiger partial charge < -0.3 is 10.6 Å². The fourth-order valence-corrected chi connectivity index (χ4v) is 2.20. The van der Waals surface area contributed by atoms with Gasteiger partial charge in [0.1, 0.15) is 5.82 Å². The van der Waals surface area contributed by atoms with Crippen LogP contribution in [0.3, 0.4) is 0 Å². The molecule has 18 heavy (non-hydrogen) atoms. The van der Waals surface area contributed by atoms with Crippen LogP contribution in [0.2, 0.25) is 0 Å². The Bertz CT molecular complexity index is 476. The first-order chi connectivity index (χ1) is 8.74. The van der Waals surface area contributed by atoms with Crippen molar-refractivity contribution in [3.8, 4) is 0 Å². The highest BCUT2D eigenvalue weighted by Gasteiger charge is 2.24. The van der Waals surface area contributed by atoms with E-state index in [-0.39, 0.29) is 5.82 Å². The minimum absolute atomic E-state index is 0.181. The summed E-state index contributed by atoms with van der Waals surface area (Å²) >= 11 is 0. The summed E-state index contributed by atoms with van der Waals surface area (Å²) in [6.45, 7) is 2.29. The number of nitrogens with zero attached hydrogens (tertiary/aromatic N) is 2. The van der Waals surface area contributed by atoms with Crippen molar-refractivity contribution in [1.82, 2.24) is 4.90 Å². The normalized spacial score (nSPS) is 19.8. The molecule has 1 aromatic rings. The van der Waals surface area contributed by atoms with Crippen molar-refractivity contribution in [3.63, 3.8) is 0 Å². The van der Waals surface area contributed by atoms with Crippen molar-refractivity contribution < 1.29 is 4.39 Å². The van der Waals surface area contributed by atoms with E-state index in [1.54, 1.807) is 6.07 Å². The average molecular weight is 247 g/mol. The molecule has 1 aliphatic carbocycles. The van der Waals surface area contributed by atoms with Crippen molar-refractivity contribution in [2.45, 2.75) is 31.7 Å². The van der Waals surface area contributed by atoms with Crippen LogP contribution in [-0.2, 0) is 6.54 Å². The Kier molecular flexibility index (Phi) is 2.94. The summed E-state index contributed by atoms with van der Waals surface area (Å²) in [5.74, 6) is 0.998. The molecular formula is C14H18FN3. The van der Waals surface area contributed by atoms with Crippen LogP contribution in [0.5, 0.6) is 0 Å². The first-order valence-electron chi connectivity index (χ1n) is 6.57. The maximum atomic E-state index is 13.7. The van der Waals surface area contributed by atoms with E-state index >= 15 is 0 Å². The zero-order chi connectivity index (χ0) is 12.5. The molecule has 0 unspecified atom stereocenters. The van der Waals surface area contributed by atoms with Gasteiger partial charge in [-0.15, -0.1) is 0 Å². The molecule has 0 radical (unpaired) electrons. The average Bonchev–Trinajstić information content (AvgIpc) is 3.09. The lowest BCUT2D eigenvalue weighted by molar-refractivity contribution is 0.295. The first-order valence-corrected chi connectivity index (χ1v) is 6.57. The summed E-state index contributed by atoms with van der Waals surface area (Å²) in [6, 6.07) is 5.39. The van der Waals surface area contributed by atoms with Gasteiger partial charge in [0.15, 0.2) is 5.96 Å². The Balaban J connectivity index is 1.72. The number of hydrogen-bond donors (Lipinski definition) is 1. The van der Waals surface area contributed by atoms with Gasteiger partial charge in [-0.1, -0.05) is 12.1 Å². The number of rotatable bonds is 3. The van der Waals surface area contributed by atoms with Crippen molar-refractivity contribution in [3.05, 3.63) is 35.1 Å². The predicted octanol–water partition coefficient (Wildman–Crippen LogP) is 2.22. The molecule has 4 heteroatoms. The highest BCUT2D eigenvalue weighted by molar-refractivity contribution is 5.78. The predicted molar refractivity (Wildman–Crippen MR) is 69.9 cm³/mol. The Labute approximate surface area is 106 Å². The van der Waals surface area contributed by atoms with Gasteiger partial charge in [0.2, 0.25) is 0 Å². The number of nitrogens with two attached hydrogens (primary N) is 1. The molecule has 1 aliphatic heterocycles. The van der Waals surface area contributed by atoms with Gasteiger partial charge in [-0.3, -0.25) is 0 Å². The van der Waals surface area contributed by atoms with Crippen LogP contribution in [0.25, 0.3) is 0 Å². The smallest absolute Gasteiger partial charge is 0.191 e. The molecule has 1 heterocycles. The molecule has 0 aromatic heterocycles. The molecule has 1 saturated carbocycles. The molecule has 0 bridgehead atoms. The van der Waals surface area contributed by atoms with E-state index in [1.165, 1.54) is 24.8 Å². The third kappa shape index (κ3) is 2.33. The third-order valence-corrected chi connectivity index (χ3v) is 3.71. The van der Waals surface area contributed by atoms with Gasteiger partial charge in [0.05, 0.1) is 6.54 Å². The number of aliphatic imine (C=N–C) groups is 1. The van der Waals surface area contributed by atoms with E-state index in [4.69, 9.17) is 5.73 Å². The van der Waals surface area contributed by atoms with Crippen LogP contribution >= 0.6 is 0 Å². The summed E-state index contributed by atoms with van der Waals surface area (Å²) in [5.41, 5.74) is 7.74. The molecule has 96 valence electrons. The van der Waals surface area contributed by atoms with Crippen LogP contribution in [0, 0.1) is 5.82 Å². The summed E-state index contributed by atoms with van der Waals surface area (Å²) in [7, 11) is 0. The second-order valence-electron chi connectivity index (χ2n) is 5.14. The van der Waals surface area contributed by atoms with E-state index in [1.807, 2.05) is 17.0 Å². The molecule has 0 atom stereocenters. The van der Waals surface area contributed by atoms with Crippen molar-refractivity contribution in [1.29, 1.82) is 0 Å². The zero-order valence-electron chi connectivity index (χ0n) is 10.4. The van der Waals surface area contributed by atoms with Crippen molar-refractivity contribution in [2.75, 3.05) is 13.1 Å². The molecule has 2 N–H and O–H groups in total. The Morgan fingerprint density at radius 1 is 1.39 bits per heavy atom. The molecule has 1 saturated heterocycles. The summed E-state index contributed by atoms with van der Waals surface area (Å²) in [4.78, 5) is 6.29. The largest absolute Gasteiger partial charge is 0.370 e. The maximum Gasteiger partial charge on any atom is 0.191 e. The summed E-state index contributed by atoms with van der Waals surface area (Å²) < 4.78 is 13.7. The van der Waals surface area contributed by atoms with Crippen LogP contribution in [0.4, 0.5) is 4.39 Å². The first kappa shape index (κ1) is 11.5. The van der Waals surface area contributed by atoms with Gasteiger partial charge in [-0.2, -0.15) is 0 Å². The molecule has 3 nitrogen and oxygen atoms in total. The van der Waals surface area contributed by atoms with E-state index in [0.717, 1.165) is 13.1 Å². The number of hydrogen-bond acceptors (Lipinski definition) is 1. The Morgan fingerprint density at radius 3 is 2.78 bits per heavy atom. The van der Waals surface area contributed by atoms with Crippen LogP contribution in [0.1, 0.15) is 36.3 Å². The number of guanidine groups is 1. The molecule has 0 spiro atoms. The van der Waals surface area contributed by atoms with E-state index in [9.17, 15) is 4.39 Å². The molecule has 1 aromatic carbocycles. The lowest BCUT2D eigenvalue weighted by Crippen LogP contribution is -2.46. The molecule has 2 fully saturated rings. The van der Waals surface area contributed by atoms with Crippen LogP contribution < -0.4 is 5.73 Å². The van der Waals surface area contributed by atoms with Crippen molar-refractivity contribution >= 4 is 5.96 Å². The van der Waals surface area contributed by atoms with Crippen LogP contribution in [-0.4, -0.2) is 23.9 Å². The molecular weight excluding hydrogens is 229 g/mol.